The van der Waals surface area contributed by atoms with Crippen LogP contribution in [0, 0.1) is 5.92 Å². The number of rotatable bonds is 5. The molecule has 1 fully saturated rings. The highest BCUT2D eigenvalue weighted by Gasteiger charge is 2.15. The van der Waals surface area contributed by atoms with Gasteiger partial charge >= 0.3 is 0 Å². The van der Waals surface area contributed by atoms with Crippen molar-refractivity contribution < 1.29 is 4.79 Å². The fraction of sp³-hybridized carbons (Fsp3) is 0.500. The van der Waals surface area contributed by atoms with Crippen molar-refractivity contribution in [3.8, 4) is 0 Å². The molecule has 0 saturated carbocycles. The van der Waals surface area contributed by atoms with E-state index < -0.39 is 0 Å². The van der Waals surface area contributed by atoms with Crippen molar-refractivity contribution in [2.75, 3.05) is 13.1 Å². The zero-order valence-corrected chi connectivity index (χ0v) is 11.5. The van der Waals surface area contributed by atoms with E-state index in [0.717, 1.165) is 36.0 Å². The molecular weight excluding hydrogens is 278 g/mol. The summed E-state index contributed by atoms with van der Waals surface area (Å²) in [5.41, 5.74) is 1.11. The maximum atomic E-state index is 11.8. The summed E-state index contributed by atoms with van der Waals surface area (Å²) in [6.07, 6.45) is 3.57. The minimum Gasteiger partial charge on any atom is -0.316 e. The number of halogens is 1. The molecule has 2 rings (SSSR count). The van der Waals surface area contributed by atoms with E-state index in [1.807, 2.05) is 24.3 Å². The Bertz CT molecular complexity index is 368. The first-order chi connectivity index (χ1) is 8.24. The van der Waals surface area contributed by atoms with Crippen LogP contribution in [0.25, 0.3) is 0 Å². The summed E-state index contributed by atoms with van der Waals surface area (Å²) < 4.78 is 1.06. The normalized spacial score (nSPS) is 19.5. The van der Waals surface area contributed by atoms with Crippen LogP contribution in [-0.4, -0.2) is 18.9 Å². The molecule has 1 aliphatic rings. The van der Waals surface area contributed by atoms with Gasteiger partial charge in [-0.05, 0) is 49.5 Å². The molecule has 0 aromatic heterocycles. The standard InChI is InChI=1S/C14H18BrNO/c15-13-4-1-11(2-5-13)9-14(17)6-3-12-7-8-16-10-12/h1-2,4-5,12,16H,3,6-10H2. The Morgan fingerprint density at radius 2 is 2.12 bits per heavy atom. The lowest BCUT2D eigenvalue weighted by molar-refractivity contribution is -0.118. The topological polar surface area (TPSA) is 29.1 Å². The van der Waals surface area contributed by atoms with Gasteiger partial charge in [0, 0.05) is 17.3 Å². The molecule has 92 valence electrons. The number of Topliss-reactive ketones (excluding diaryl/α,β-unsaturated/α-hetero) is 1. The molecule has 0 amide bonds. The first-order valence-corrected chi connectivity index (χ1v) is 7.00. The summed E-state index contributed by atoms with van der Waals surface area (Å²) in [7, 11) is 0. The quantitative estimate of drug-likeness (QED) is 0.905. The van der Waals surface area contributed by atoms with Crippen LogP contribution >= 0.6 is 15.9 Å². The van der Waals surface area contributed by atoms with Crippen molar-refractivity contribution in [2.45, 2.75) is 25.7 Å². The van der Waals surface area contributed by atoms with E-state index in [4.69, 9.17) is 0 Å². The third-order valence-electron chi connectivity index (χ3n) is 3.31. The fourth-order valence-corrected chi connectivity index (χ4v) is 2.51. The number of hydrogen-bond acceptors (Lipinski definition) is 2. The predicted molar refractivity (Wildman–Crippen MR) is 73.1 cm³/mol. The van der Waals surface area contributed by atoms with Crippen LogP contribution in [0.3, 0.4) is 0 Å². The van der Waals surface area contributed by atoms with E-state index in [1.54, 1.807) is 0 Å². The van der Waals surface area contributed by atoms with Crippen LogP contribution in [0.5, 0.6) is 0 Å². The van der Waals surface area contributed by atoms with Crippen LogP contribution in [-0.2, 0) is 11.2 Å². The maximum absolute atomic E-state index is 11.8. The molecule has 0 spiro atoms. The number of hydrogen-bond donors (Lipinski definition) is 1. The van der Waals surface area contributed by atoms with Crippen molar-refractivity contribution in [1.29, 1.82) is 0 Å². The Labute approximate surface area is 111 Å². The lowest BCUT2D eigenvalue weighted by Gasteiger charge is -2.07. The van der Waals surface area contributed by atoms with Crippen molar-refractivity contribution >= 4 is 21.7 Å². The van der Waals surface area contributed by atoms with E-state index >= 15 is 0 Å². The third-order valence-corrected chi connectivity index (χ3v) is 3.84. The van der Waals surface area contributed by atoms with Crippen molar-refractivity contribution in [2.24, 2.45) is 5.92 Å². The Hall–Kier alpha value is -0.670. The zero-order chi connectivity index (χ0) is 12.1. The second-order valence-electron chi connectivity index (χ2n) is 4.74. The molecule has 1 aromatic rings. The molecule has 1 unspecified atom stereocenters. The van der Waals surface area contributed by atoms with Gasteiger partial charge in [0.15, 0.2) is 0 Å². The summed E-state index contributed by atoms with van der Waals surface area (Å²) >= 11 is 3.40. The predicted octanol–water partition coefficient (Wildman–Crippen LogP) is 2.95. The molecule has 2 nitrogen and oxygen atoms in total. The maximum Gasteiger partial charge on any atom is 0.137 e. The van der Waals surface area contributed by atoms with Crippen LogP contribution in [0.4, 0.5) is 0 Å². The molecule has 0 radical (unpaired) electrons. The van der Waals surface area contributed by atoms with E-state index in [-0.39, 0.29) is 0 Å². The minimum absolute atomic E-state index is 0.360. The molecule has 1 aliphatic heterocycles. The van der Waals surface area contributed by atoms with Gasteiger partial charge in [0.1, 0.15) is 5.78 Å². The van der Waals surface area contributed by atoms with E-state index in [9.17, 15) is 4.79 Å². The van der Waals surface area contributed by atoms with Crippen molar-refractivity contribution in [3.05, 3.63) is 34.3 Å². The van der Waals surface area contributed by atoms with Gasteiger partial charge in [-0.1, -0.05) is 28.1 Å². The average molecular weight is 296 g/mol. The van der Waals surface area contributed by atoms with Gasteiger partial charge in [-0.15, -0.1) is 0 Å². The summed E-state index contributed by atoms with van der Waals surface area (Å²) in [6, 6.07) is 8.01. The summed E-state index contributed by atoms with van der Waals surface area (Å²) in [4.78, 5) is 11.8. The van der Waals surface area contributed by atoms with E-state index in [1.165, 1.54) is 6.42 Å². The highest BCUT2D eigenvalue weighted by atomic mass is 79.9. The lowest BCUT2D eigenvalue weighted by atomic mass is 9.98. The monoisotopic (exact) mass is 295 g/mol. The molecular formula is C14H18BrNO. The largest absolute Gasteiger partial charge is 0.316 e. The lowest BCUT2D eigenvalue weighted by Crippen LogP contribution is -2.11. The minimum atomic E-state index is 0.360. The summed E-state index contributed by atoms with van der Waals surface area (Å²) in [5.74, 6) is 1.07. The molecule has 1 atom stereocenters. The third kappa shape index (κ3) is 4.25. The van der Waals surface area contributed by atoms with E-state index in [2.05, 4.69) is 21.2 Å². The fourth-order valence-electron chi connectivity index (χ4n) is 2.24. The Morgan fingerprint density at radius 1 is 1.35 bits per heavy atom. The molecule has 17 heavy (non-hydrogen) atoms. The van der Waals surface area contributed by atoms with E-state index in [0.29, 0.717) is 18.1 Å². The van der Waals surface area contributed by atoms with Crippen molar-refractivity contribution in [1.82, 2.24) is 5.32 Å². The molecule has 0 bridgehead atoms. The smallest absolute Gasteiger partial charge is 0.137 e. The van der Waals surface area contributed by atoms with Gasteiger partial charge in [0.2, 0.25) is 0 Å². The molecule has 1 saturated heterocycles. The number of ketones is 1. The number of carbonyl (C=O) groups excluding carboxylic acids is 1. The highest BCUT2D eigenvalue weighted by Crippen LogP contribution is 2.16. The van der Waals surface area contributed by atoms with Crippen LogP contribution < -0.4 is 5.32 Å². The van der Waals surface area contributed by atoms with Gasteiger partial charge in [-0.3, -0.25) is 4.79 Å². The zero-order valence-electron chi connectivity index (χ0n) is 9.92. The second-order valence-corrected chi connectivity index (χ2v) is 5.66. The van der Waals surface area contributed by atoms with Gasteiger partial charge < -0.3 is 5.32 Å². The SMILES string of the molecule is O=C(CCC1CCNC1)Cc1ccc(Br)cc1. The first kappa shape index (κ1) is 12.8. The molecule has 0 aliphatic carbocycles. The molecule has 1 aromatic carbocycles. The number of nitrogens with one attached hydrogen (secondary N) is 1. The highest BCUT2D eigenvalue weighted by molar-refractivity contribution is 9.10. The summed E-state index contributed by atoms with van der Waals surface area (Å²) in [6.45, 7) is 2.21. The Kier molecular flexibility index (Phi) is 4.75. The number of carbonyl (C=O) groups is 1. The van der Waals surface area contributed by atoms with Gasteiger partial charge in [-0.2, -0.15) is 0 Å². The van der Waals surface area contributed by atoms with Crippen LogP contribution in [0.2, 0.25) is 0 Å². The number of benzene rings is 1. The van der Waals surface area contributed by atoms with Gasteiger partial charge in [-0.25, -0.2) is 0 Å². The first-order valence-electron chi connectivity index (χ1n) is 6.21. The van der Waals surface area contributed by atoms with Crippen LogP contribution in [0.15, 0.2) is 28.7 Å². The van der Waals surface area contributed by atoms with Crippen LogP contribution in [0.1, 0.15) is 24.8 Å². The molecule has 3 heteroatoms. The van der Waals surface area contributed by atoms with Gasteiger partial charge in [0.25, 0.3) is 0 Å². The van der Waals surface area contributed by atoms with Crippen molar-refractivity contribution in [3.63, 3.8) is 0 Å². The Morgan fingerprint density at radius 3 is 2.76 bits per heavy atom. The average Bonchev–Trinajstić information content (AvgIpc) is 2.83. The second kappa shape index (κ2) is 6.31. The Balaban J connectivity index is 1.74. The summed E-state index contributed by atoms with van der Waals surface area (Å²) in [5, 5.41) is 3.34. The van der Waals surface area contributed by atoms with Gasteiger partial charge in [0.05, 0.1) is 0 Å². The molecule has 1 N–H and O–H groups in total. The molecule has 1 heterocycles.